The Morgan fingerprint density at radius 3 is 2.85 bits per heavy atom. The first-order valence-corrected chi connectivity index (χ1v) is 7.36. The lowest BCUT2D eigenvalue weighted by atomic mass is 9.84. The second-order valence-corrected chi connectivity index (χ2v) is 6.30. The molecule has 5 N–H and O–H groups in total. The molecule has 0 aliphatic heterocycles. The lowest BCUT2D eigenvalue weighted by Gasteiger charge is -2.29. The zero-order valence-corrected chi connectivity index (χ0v) is 11.8. The van der Waals surface area contributed by atoms with Gasteiger partial charge >= 0.3 is 0 Å². The second kappa shape index (κ2) is 4.96. The fourth-order valence-corrected chi connectivity index (χ4v) is 4.01. The number of rotatable bonds is 4. The molecule has 5 heteroatoms. The van der Waals surface area contributed by atoms with E-state index in [4.69, 9.17) is 11.5 Å². The van der Waals surface area contributed by atoms with Crippen molar-refractivity contribution >= 4 is 17.4 Å². The molecule has 2 saturated carbocycles. The third-order valence-electron chi connectivity index (χ3n) is 4.97. The molecule has 1 amide bonds. The molecule has 1 aromatic heterocycles. The van der Waals surface area contributed by atoms with E-state index in [0.29, 0.717) is 29.0 Å². The minimum atomic E-state index is -0.493. The van der Waals surface area contributed by atoms with Gasteiger partial charge in [-0.15, -0.1) is 0 Å². The molecule has 0 spiro atoms. The number of nitrogen functional groups attached to an aromatic ring is 1. The molecule has 2 aliphatic carbocycles. The van der Waals surface area contributed by atoms with Crippen LogP contribution in [0.1, 0.15) is 43.0 Å². The number of nitrogens with one attached hydrogen (secondary N) is 1. The highest BCUT2D eigenvalue weighted by Gasteiger charge is 2.41. The number of hydrogen-bond acceptors (Lipinski definition) is 4. The number of amides is 1. The summed E-state index contributed by atoms with van der Waals surface area (Å²) in [7, 11) is 0. The molecule has 2 fully saturated rings. The first-order valence-electron chi connectivity index (χ1n) is 7.36. The van der Waals surface area contributed by atoms with Crippen LogP contribution in [0, 0.1) is 17.8 Å². The van der Waals surface area contributed by atoms with Gasteiger partial charge in [0.05, 0.1) is 17.4 Å². The maximum Gasteiger partial charge on any atom is 0.252 e. The fourth-order valence-electron chi connectivity index (χ4n) is 4.01. The van der Waals surface area contributed by atoms with E-state index in [1.165, 1.54) is 25.7 Å². The van der Waals surface area contributed by atoms with Crippen LogP contribution in [0.4, 0.5) is 11.5 Å². The molecular weight excluding hydrogens is 252 g/mol. The van der Waals surface area contributed by atoms with E-state index in [2.05, 4.69) is 17.2 Å². The molecule has 3 rings (SSSR count). The Morgan fingerprint density at radius 1 is 1.45 bits per heavy atom. The normalized spacial score (nSPS) is 29.4. The van der Waals surface area contributed by atoms with E-state index in [1.54, 1.807) is 12.3 Å². The number of hydrogen-bond donors (Lipinski definition) is 3. The molecule has 2 bridgehead atoms. The Hall–Kier alpha value is -1.78. The standard InChI is InChI=1S/C15H22N4O/c1-8(12-5-9-2-3-10(12)4-9)19-15-13(14(17)20)6-11(16)7-18-15/h6-10,12H,2-5,16H2,1H3,(H2,17,20)(H,18,19). The third-order valence-corrected chi connectivity index (χ3v) is 4.97. The van der Waals surface area contributed by atoms with Crippen LogP contribution in [-0.2, 0) is 0 Å². The molecule has 0 radical (unpaired) electrons. The molecule has 0 saturated heterocycles. The first kappa shape index (κ1) is 13.2. The summed E-state index contributed by atoms with van der Waals surface area (Å²) < 4.78 is 0. The zero-order chi connectivity index (χ0) is 14.3. The van der Waals surface area contributed by atoms with Gasteiger partial charge in [0.2, 0.25) is 0 Å². The van der Waals surface area contributed by atoms with Gasteiger partial charge in [-0.25, -0.2) is 4.98 Å². The number of primary amides is 1. The summed E-state index contributed by atoms with van der Waals surface area (Å²) in [5.41, 5.74) is 11.9. The van der Waals surface area contributed by atoms with E-state index in [1.807, 2.05) is 0 Å². The summed E-state index contributed by atoms with van der Waals surface area (Å²) in [5.74, 6) is 2.47. The van der Waals surface area contributed by atoms with Gasteiger partial charge in [0.15, 0.2) is 0 Å². The number of nitrogens with two attached hydrogens (primary N) is 2. The van der Waals surface area contributed by atoms with Crippen LogP contribution in [0.3, 0.4) is 0 Å². The number of fused-ring (bicyclic) bond motifs is 2. The average Bonchev–Trinajstić information content (AvgIpc) is 3.03. The molecule has 1 heterocycles. The number of pyridine rings is 1. The zero-order valence-electron chi connectivity index (χ0n) is 11.8. The largest absolute Gasteiger partial charge is 0.397 e. The maximum absolute atomic E-state index is 11.5. The third kappa shape index (κ3) is 2.32. The van der Waals surface area contributed by atoms with Crippen molar-refractivity contribution in [1.82, 2.24) is 4.98 Å². The van der Waals surface area contributed by atoms with Crippen molar-refractivity contribution < 1.29 is 4.79 Å². The Morgan fingerprint density at radius 2 is 2.25 bits per heavy atom. The van der Waals surface area contributed by atoms with Crippen molar-refractivity contribution in [2.24, 2.45) is 23.5 Å². The van der Waals surface area contributed by atoms with Crippen molar-refractivity contribution in [2.75, 3.05) is 11.1 Å². The van der Waals surface area contributed by atoms with Gasteiger partial charge in [0.1, 0.15) is 5.82 Å². The Kier molecular flexibility index (Phi) is 3.28. The number of aromatic nitrogens is 1. The van der Waals surface area contributed by atoms with Crippen molar-refractivity contribution in [2.45, 2.75) is 38.6 Å². The lowest BCUT2D eigenvalue weighted by Crippen LogP contribution is -2.31. The van der Waals surface area contributed by atoms with E-state index in [9.17, 15) is 4.79 Å². The predicted molar refractivity (Wildman–Crippen MR) is 79.2 cm³/mol. The summed E-state index contributed by atoms with van der Waals surface area (Å²) in [5, 5.41) is 3.38. The topological polar surface area (TPSA) is 94.0 Å². The van der Waals surface area contributed by atoms with Crippen molar-refractivity contribution in [3.05, 3.63) is 17.8 Å². The summed E-state index contributed by atoms with van der Waals surface area (Å²) in [6, 6.07) is 1.89. The number of carbonyl (C=O) groups is 1. The van der Waals surface area contributed by atoms with Gasteiger partial charge in [-0.1, -0.05) is 6.42 Å². The van der Waals surface area contributed by atoms with E-state index in [-0.39, 0.29) is 0 Å². The van der Waals surface area contributed by atoms with Crippen LogP contribution in [0.2, 0.25) is 0 Å². The van der Waals surface area contributed by atoms with Crippen LogP contribution in [0.15, 0.2) is 12.3 Å². The van der Waals surface area contributed by atoms with Gasteiger partial charge in [0.25, 0.3) is 5.91 Å². The summed E-state index contributed by atoms with van der Waals surface area (Å²) in [6.07, 6.45) is 6.95. The predicted octanol–water partition coefficient (Wildman–Crippen LogP) is 2.00. The van der Waals surface area contributed by atoms with Crippen LogP contribution in [0.25, 0.3) is 0 Å². The van der Waals surface area contributed by atoms with E-state index >= 15 is 0 Å². The Balaban J connectivity index is 1.76. The minimum Gasteiger partial charge on any atom is -0.397 e. The Labute approximate surface area is 119 Å². The van der Waals surface area contributed by atoms with Crippen molar-refractivity contribution in [1.29, 1.82) is 0 Å². The van der Waals surface area contributed by atoms with E-state index in [0.717, 1.165) is 11.8 Å². The van der Waals surface area contributed by atoms with Gasteiger partial charge in [-0.05, 0) is 50.0 Å². The molecule has 4 unspecified atom stereocenters. The monoisotopic (exact) mass is 274 g/mol. The summed E-state index contributed by atoms with van der Waals surface area (Å²) in [4.78, 5) is 15.7. The van der Waals surface area contributed by atoms with Gasteiger partial charge in [-0.3, -0.25) is 4.79 Å². The number of anilines is 2. The summed E-state index contributed by atoms with van der Waals surface area (Å²) in [6.45, 7) is 2.17. The molecule has 4 atom stereocenters. The van der Waals surface area contributed by atoms with Crippen LogP contribution < -0.4 is 16.8 Å². The highest BCUT2D eigenvalue weighted by molar-refractivity contribution is 5.98. The molecule has 0 aromatic carbocycles. The molecular formula is C15H22N4O. The minimum absolute atomic E-state index is 0.305. The second-order valence-electron chi connectivity index (χ2n) is 6.30. The Bertz CT molecular complexity index is 531. The number of nitrogens with zero attached hydrogens (tertiary/aromatic N) is 1. The van der Waals surface area contributed by atoms with Crippen molar-refractivity contribution in [3.63, 3.8) is 0 Å². The van der Waals surface area contributed by atoms with Gasteiger partial charge < -0.3 is 16.8 Å². The quantitative estimate of drug-likeness (QED) is 0.782. The molecule has 1 aromatic rings. The maximum atomic E-state index is 11.5. The van der Waals surface area contributed by atoms with Gasteiger partial charge in [0, 0.05) is 6.04 Å². The van der Waals surface area contributed by atoms with Crippen LogP contribution in [-0.4, -0.2) is 16.9 Å². The average molecular weight is 274 g/mol. The molecule has 2 aliphatic rings. The highest BCUT2D eigenvalue weighted by atomic mass is 16.1. The lowest BCUT2D eigenvalue weighted by molar-refractivity contribution is 0.100. The van der Waals surface area contributed by atoms with Crippen LogP contribution in [0.5, 0.6) is 0 Å². The van der Waals surface area contributed by atoms with Crippen molar-refractivity contribution in [3.8, 4) is 0 Å². The first-order chi connectivity index (χ1) is 9.54. The number of carbonyl (C=O) groups excluding carboxylic acids is 1. The van der Waals surface area contributed by atoms with Gasteiger partial charge in [-0.2, -0.15) is 0 Å². The molecule has 108 valence electrons. The SMILES string of the molecule is CC(Nc1ncc(N)cc1C(N)=O)C1CC2CCC1C2. The van der Waals surface area contributed by atoms with Crippen LogP contribution >= 0.6 is 0 Å². The molecule has 20 heavy (non-hydrogen) atoms. The summed E-state index contributed by atoms with van der Waals surface area (Å²) >= 11 is 0. The smallest absolute Gasteiger partial charge is 0.252 e. The molecule has 5 nitrogen and oxygen atoms in total. The highest BCUT2D eigenvalue weighted by Crippen LogP contribution is 2.49. The van der Waals surface area contributed by atoms with E-state index < -0.39 is 5.91 Å². The fraction of sp³-hybridized carbons (Fsp3) is 0.600.